The van der Waals surface area contributed by atoms with Crippen molar-refractivity contribution in [2.75, 3.05) is 32.8 Å². The summed E-state index contributed by atoms with van der Waals surface area (Å²) >= 11 is 0. The lowest BCUT2D eigenvalue weighted by atomic mass is 10.1. The van der Waals surface area contributed by atoms with Gasteiger partial charge >= 0.3 is 5.97 Å². The third-order valence-corrected chi connectivity index (χ3v) is 3.18. The second-order valence-electron chi connectivity index (χ2n) is 4.50. The summed E-state index contributed by atoms with van der Waals surface area (Å²) in [7, 11) is 0. The number of ether oxygens (including phenoxy) is 1. The van der Waals surface area contributed by atoms with Crippen molar-refractivity contribution in [3.8, 4) is 0 Å². The van der Waals surface area contributed by atoms with Gasteiger partial charge in [-0.25, -0.2) is 0 Å². The standard InChI is InChI=1S/C11H17N3O5/c15-9(16)5-7-10(17)13-1-3-14(7)11(18)8-6-12-2-4-19-8/h7-8,12H,1-6H2,(H,13,17)(H,15,16). The predicted octanol–water partition coefficient (Wildman–Crippen LogP) is -2.22. The van der Waals surface area contributed by atoms with Crippen molar-refractivity contribution in [3.05, 3.63) is 0 Å². The Bertz CT molecular complexity index is 381. The molecule has 0 radical (unpaired) electrons. The summed E-state index contributed by atoms with van der Waals surface area (Å²) in [5, 5.41) is 14.4. The maximum Gasteiger partial charge on any atom is 0.305 e. The number of carbonyl (C=O) groups is 3. The van der Waals surface area contributed by atoms with Gasteiger partial charge < -0.3 is 25.4 Å². The molecule has 2 aliphatic heterocycles. The monoisotopic (exact) mass is 271 g/mol. The number of hydrogen-bond donors (Lipinski definition) is 3. The number of nitrogens with zero attached hydrogens (tertiary/aromatic N) is 1. The van der Waals surface area contributed by atoms with Crippen molar-refractivity contribution in [1.29, 1.82) is 0 Å². The lowest BCUT2D eigenvalue weighted by molar-refractivity contribution is -0.156. The van der Waals surface area contributed by atoms with Crippen LogP contribution >= 0.6 is 0 Å². The molecule has 0 bridgehead atoms. The van der Waals surface area contributed by atoms with E-state index in [2.05, 4.69) is 10.6 Å². The molecule has 0 aliphatic carbocycles. The Morgan fingerprint density at radius 2 is 2.21 bits per heavy atom. The fraction of sp³-hybridized carbons (Fsp3) is 0.727. The lowest BCUT2D eigenvalue weighted by Crippen LogP contribution is -2.61. The minimum absolute atomic E-state index is 0.308. The van der Waals surface area contributed by atoms with Crippen LogP contribution in [0.5, 0.6) is 0 Å². The summed E-state index contributed by atoms with van der Waals surface area (Å²) in [6.07, 6.45) is -1.03. The fourth-order valence-corrected chi connectivity index (χ4v) is 2.26. The molecule has 0 aromatic carbocycles. The first-order chi connectivity index (χ1) is 9.09. The van der Waals surface area contributed by atoms with E-state index in [1.54, 1.807) is 0 Å². The number of carboxylic acids is 1. The number of hydrogen-bond acceptors (Lipinski definition) is 5. The van der Waals surface area contributed by atoms with Gasteiger partial charge in [-0.3, -0.25) is 14.4 Å². The van der Waals surface area contributed by atoms with Crippen molar-refractivity contribution in [2.24, 2.45) is 0 Å². The first kappa shape index (κ1) is 13.8. The maximum atomic E-state index is 12.3. The molecule has 2 unspecified atom stereocenters. The summed E-state index contributed by atoms with van der Waals surface area (Å²) in [6.45, 7) is 2.14. The highest BCUT2D eigenvalue weighted by atomic mass is 16.5. The van der Waals surface area contributed by atoms with Crippen LogP contribution in [0.3, 0.4) is 0 Å². The Morgan fingerprint density at radius 1 is 1.42 bits per heavy atom. The fourth-order valence-electron chi connectivity index (χ4n) is 2.26. The van der Waals surface area contributed by atoms with Crippen LogP contribution in [0.25, 0.3) is 0 Å². The number of carboxylic acid groups (broad SMARTS) is 1. The van der Waals surface area contributed by atoms with Gasteiger partial charge in [0.2, 0.25) is 5.91 Å². The van der Waals surface area contributed by atoms with Crippen LogP contribution in [0.2, 0.25) is 0 Å². The van der Waals surface area contributed by atoms with E-state index in [4.69, 9.17) is 9.84 Å². The van der Waals surface area contributed by atoms with Crippen LogP contribution in [0.1, 0.15) is 6.42 Å². The average Bonchev–Trinajstić information content (AvgIpc) is 2.41. The molecular formula is C11H17N3O5. The van der Waals surface area contributed by atoms with Crippen molar-refractivity contribution < 1.29 is 24.2 Å². The zero-order valence-electron chi connectivity index (χ0n) is 10.4. The molecule has 2 saturated heterocycles. The van der Waals surface area contributed by atoms with Gasteiger partial charge in [0.15, 0.2) is 0 Å². The molecule has 2 heterocycles. The lowest BCUT2D eigenvalue weighted by Gasteiger charge is -2.37. The van der Waals surface area contributed by atoms with Gasteiger partial charge in [0.25, 0.3) is 5.91 Å². The summed E-state index contributed by atoms with van der Waals surface area (Å²) in [5.74, 6) is -1.86. The number of nitrogens with one attached hydrogen (secondary N) is 2. The van der Waals surface area contributed by atoms with E-state index in [0.717, 1.165) is 0 Å². The van der Waals surface area contributed by atoms with Gasteiger partial charge in [0.1, 0.15) is 12.1 Å². The third kappa shape index (κ3) is 3.21. The van der Waals surface area contributed by atoms with Crippen molar-refractivity contribution in [2.45, 2.75) is 18.6 Å². The van der Waals surface area contributed by atoms with Crippen LogP contribution in [0.15, 0.2) is 0 Å². The van der Waals surface area contributed by atoms with Crippen LogP contribution in [-0.4, -0.2) is 72.7 Å². The zero-order valence-corrected chi connectivity index (χ0v) is 10.4. The van der Waals surface area contributed by atoms with E-state index in [-0.39, 0.29) is 5.91 Å². The number of carbonyl (C=O) groups excluding carboxylic acids is 2. The Labute approximate surface area is 110 Å². The number of piperazine rings is 1. The van der Waals surface area contributed by atoms with Gasteiger partial charge in [0.05, 0.1) is 13.0 Å². The van der Waals surface area contributed by atoms with Crippen molar-refractivity contribution in [3.63, 3.8) is 0 Å². The van der Waals surface area contributed by atoms with E-state index in [1.165, 1.54) is 4.90 Å². The largest absolute Gasteiger partial charge is 0.481 e. The molecule has 19 heavy (non-hydrogen) atoms. The first-order valence-corrected chi connectivity index (χ1v) is 6.22. The van der Waals surface area contributed by atoms with Crippen LogP contribution in [0.4, 0.5) is 0 Å². The molecule has 0 saturated carbocycles. The molecule has 2 fully saturated rings. The Kier molecular flexibility index (Phi) is 4.33. The molecule has 2 atom stereocenters. The third-order valence-electron chi connectivity index (χ3n) is 3.18. The van der Waals surface area contributed by atoms with E-state index >= 15 is 0 Å². The van der Waals surface area contributed by atoms with Crippen LogP contribution in [0, 0.1) is 0 Å². The molecule has 3 N–H and O–H groups in total. The second-order valence-corrected chi connectivity index (χ2v) is 4.50. The molecule has 2 amide bonds. The van der Waals surface area contributed by atoms with Crippen molar-refractivity contribution in [1.82, 2.24) is 15.5 Å². The minimum atomic E-state index is -1.11. The van der Waals surface area contributed by atoms with E-state index in [9.17, 15) is 14.4 Å². The minimum Gasteiger partial charge on any atom is -0.481 e. The first-order valence-electron chi connectivity index (χ1n) is 6.22. The quantitative estimate of drug-likeness (QED) is 0.536. The Balaban J connectivity index is 2.07. The summed E-state index contributed by atoms with van der Waals surface area (Å²) in [5.41, 5.74) is 0. The normalized spacial score (nSPS) is 27.8. The number of aliphatic carboxylic acids is 1. The highest BCUT2D eigenvalue weighted by Crippen LogP contribution is 2.13. The molecule has 0 aromatic heterocycles. The SMILES string of the molecule is O=C(O)CC1C(=O)NCCN1C(=O)C1CNCCO1. The average molecular weight is 271 g/mol. The molecule has 2 rings (SSSR count). The van der Waals surface area contributed by atoms with Gasteiger partial charge in [-0.15, -0.1) is 0 Å². The van der Waals surface area contributed by atoms with Crippen molar-refractivity contribution >= 4 is 17.8 Å². The smallest absolute Gasteiger partial charge is 0.305 e. The van der Waals surface area contributed by atoms with Gasteiger partial charge in [-0.2, -0.15) is 0 Å². The number of rotatable bonds is 3. The van der Waals surface area contributed by atoms with E-state index in [1.807, 2.05) is 0 Å². The molecule has 8 nitrogen and oxygen atoms in total. The molecule has 2 aliphatic rings. The summed E-state index contributed by atoms with van der Waals surface area (Å²) in [6, 6.07) is -0.954. The molecule has 0 spiro atoms. The van der Waals surface area contributed by atoms with Crippen LogP contribution in [-0.2, 0) is 19.1 Å². The highest BCUT2D eigenvalue weighted by molar-refractivity contribution is 5.93. The highest BCUT2D eigenvalue weighted by Gasteiger charge is 2.38. The molecule has 106 valence electrons. The Morgan fingerprint density at radius 3 is 2.84 bits per heavy atom. The van der Waals surface area contributed by atoms with Gasteiger partial charge in [0, 0.05) is 26.2 Å². The Hall–Kier alpha value is -1.67. The summed E-state index contributed by atoms with van der Waals surface area (Å²) in [4.78, 5) is 36.1. The molecule has 8 heteroatoms. The van der Waals surface area contributed by atoms with E-state index < -0.39 is 30.4 Å². The van der Waals surface area contributed by atoms with E-state index in [0.29, 0.717) is 32.8 Å². The number of morpholine rings is 1. The van der Waals surface area contributed by atoms with Gasteiger partial charge in [-0.05, 0) is 0 Å². The maximum absolute atomic E-state index is 12.3. The topological polar surface area (TPSA) is 108 Å². The zero-order chi connectivity index (χ0) is 13.8. The van der Waals surface area contributed by atoms with Gasteiger partial charge in [-0.1, -0.05) is 0 Å². The molecular weight excluding hydrogens is 254 g/mol. The predicted molar refractivity (Wildman–Crippen MR) is 63.4 cm³/mol. The number of amides is 2. The van der Waals surface area contributed by atoms with Crippen LogP contribution < -0.4 is 10.6 Å². The molecule has 0 aromatic rings. The summed E-state index contributed by atoms with van der Waals surface area (Å²) < 4.78 is 5.35. The second kappa shape index (κ2) is 5.98.